The number of nitrogens with zero attached hydrogens (tertiary/aromatic N) is 1. The van der Waals surface area contributed by atoms with Gasteiger partial charge in [0, 0.05) is 13.3 Å². The number of hydrogen-bond acceptors (Lipinski definition) is 6. The number of aliphatic carboxylic acids is 1. The maximum absolute atomic E-state index is 14.1. The van der Waals surface area contributed by atoms with E-state index in [-0.39, 0.29) is 30.7 Å². The maximum Gasteiger partial charge on any atom is 0.329 e. The van der Waals surface area contributed by atoms with Gasteiger partial charge in [-0.05, 0) is 65.6 Å². The number of hydrogen-bond donors (Lipinski definition) is 4. The van der Waals surface area contributed by atoms with E-state index in [4.69, 9.17) is 4.74 Å². The summed E-state index contributed by atoms with van der Waals surface area (Å²) in [5, 5.41) is 18.0. The first-order valence-corrected chi connectivity index (χ1v) is 15.6. The third-order valence-corrected chi connectivity index (χ3v) is 9.15. The molecule has 4 N–H and O–H groups in total. The molecule has 12 heteroatoms. The van der Waals surface area contributed by atoms with Crippen LogP contribution in [0.4, 0.5) is 0 Å². The van der Waals surface area contributed by atoms with Crippen LogP contribution in [-0.2, 0) is 24.0 Å². The van der Waals surface area contributed by atoms with Gasteiger partial charge in [0.05, 0.1) is 11.0 Å². The number of para-hydroxylation sites is 1. The molecule has 3 fully saturated rings. The van der Waals surface area contributed by atoms with Crippen molar-refractivity contribution in [2.75, 3.05) is 6.54 Å². The van der Waals surface area contributed by atoms with Crippen molar-refractivity contribution >= 4 is 45.5 Å². The lowest BCUT2D eigenvalue weighted by atomic mass is 9.83. The molecule has 0 spiro atoms. The molecule has 4 atom stereocenters. The van der Waals surface area contributed by atoms with Crippen molar-refractivity contribution in [1.29, 1.82) is 0 Å². The van der Waals surface area contributed by atoms with Gasteiger partial charge in [0.25, 0.3) is 0 Å². The third-order valence-electron chi connectivity index (χ3n) is 8.49. The molecule has 0 aromatic heterocycles. The zero-order chi connectivity index (χ0) is 30.6. The van der Waals surface area contributed by atoms with Gasteiger partial charge in [-0.2, -0.15) is 0 Å². The lowest BCUT2D eigenvalue weighted by molar-refractivity contribution is -0.146. The molecule has 0 radical (unpaired) electrons. The lowest BCUT2D eigenvalue weighted by Gasteiger charge is -2.34. The molecule has 1 aliphatic heterocycles. The highest BCUT2D eigenvalue weighted by atomic mass is 79.9. The number of likely N-dealkylation sites (tertiary alicyclic amines) is 1. The maximum atomic E-state index is 14.1. The summed E-state index contributed by atoms with van der Waals surface area (Å²) in [5.41, 5.74) is -1.32. The Morgan fingerprint density at radius 2 is 1.71 bits per heavy atom. The fourth-order valence-corrected chi connectivity index (χ4v) is 6.33. The molecule has 2 aliphatic carbocycles. The monoisotopic (exact) mass is 648 g/mol. The van der Waals surface area contributed by atoms with Gasteiger partial charge in [-0.3, -0.25) is 19.2 Å². The molecular formula is C30H41BrN4O7. The van der Waals surface area contributed by atoms with Crippen molar-refractivity contribution in [3.63, 3.8) is 0 Å². The lowest BCUT2D eigenvalue weighted by Crippen LogP contribution is -2.60. The van der Waals surface area contributed by atoms with E-state index in [2.05, 4.69) is 31.9 Å². The fourth-order valence-electron chi connectivity index (χ4n) is 5.95. The van der Waals surface area contributed by atoms with Crippen LogP contribution in [0, 0.1) is 11.8 Å². The van der Waals surface area contributed by atoms with Crippen LogP contribution in [0.1, 0.15) is 72.1 Å². The van der Waals surface area contributed by atoms with Crippen molar-refractivity contribution in [2.24, 2.45) is 11.8 Å². The van der Waals surface area contributed by atoms with Crippen molar-refractivity contribution in [3.8, 4) is 5.75 Å². The summed E-state index contributed by atoms with van der Waals surface area (Å²) in [7, 11) is 0. The van der Waals surface area contributed by atoms with Gasteiger partial charge in [0.1, 0.15) is 35.5 Å². The highest BCUT2D eigenvalue weighted by Gasteiger charge is 2.54. The van der Waals surface area contributed by atoms with Gasteiger partial charge in [0.2, 0.25) is 23.6 Å². The quantitative estimate of drug-likeness (QED) is 0.288. The number of carboxylic acids is 1. The molecule has 3 aliphatic rings. The molecule has 4 rings (SSSR count). The largest absolute Gasteiger partial charge is 0.487 e. The van der Waals surface area contributed by atoms with Gasteiger partial charge < -0.3 is 30.7 Å². The van der Waals surface area contributed by atoms with Crippen LogP contribution in [0.3, 0.4) is 0 Å². The topological polar surface area (TPSA) is 154 Å². The van der Waals surface area contributed by atoms with Crippen LogP contribution in [0.5, 0.6) is 5.75 Å². The van der Waals surface area contributed by atoms with E-state index in [0.29, 0.717) is 18.6 Å². The Balaban J connectivity index is 1.55. The minimum Gasteiger partial charge on any atom is -0.487 e. The third kappa shape index (κ3) is 7.43. The van der Waals surface area contributed by atoms with Gasteiger partial charge >= 0.3 is 5.97 Å². The van der Waals surface area contributed by atoms with Gasteiger partial charge in [-0.1, -0.05) is 45.2 Å². The van der Waals surface area contributed by atoms with Crippen molar-refractivity contribution < 1.29 is 33.8 Å². The smallest absolute Gasteiger partial charge is 0.329 e. The zero-order valence-corrected chi connectivity index (χ0v) is 25.9. The molecule has 1 saturated heterocycles. The Morgan fingerprint density at radius 3 is 2.29 bits per heavy atom. The summed E-state index contributed by atoms with van der Waals surface area (Å²) < 4.78 is 6.89. The fraction of sp³-hybridized carbons (Fsp3) is 0.633. The van der Waals surface area contributed by atoms with Gasteiger partial charge in [0.15, 0.2) is 0 Å². The molecule has 0 bridgehead atoms. The Bertz CT molecular complexity index is 1200. The van der Waals surface area contributed by atoms with Gasteiger partial charge in [-0.15, -0.1) is 0 Å². The normalized spacial score (nSPS) is 23.0. The second-order valence-corrected chi connectivity index (χ2v) is 12.9. The Labute approximate surface area is 254 Å². The van der Waals surface area contributed by atoms with Crippen LogP contribution in [0.2, 0.25) is 0 Å². The number of benzene rings is 1. The van der Waals surface area contributed by atoms with Crippen LogP contribution in [0.25, 0.3) is 0 Å². The van der Waals surface area contributed by atoms with Gasteiger partial charge in [-0.25, -0.2) is 4.79 Å². The second-order valence-electron chi connectivity index (χ2n) is 12.1. The number of nitrogens with one attached hydrogen (secondary N) is 3. The molecule has 42 heavy (non-hydrogen) atoms. The number of rotatable bonds is 11. The molecule has 230 valence electrons. The van der Waals surface area contributed by atoms with Crippen LogP contribution >= 0.6 is 15.9 Å². The highest BCUT2D eigenvalue weighted by molar-refractivity contribution is 9.10. The number of carbonyl (C=O) groups is 5. The van der Waals surface area contributed by atoms with Crippen LogP contribution in [0.15, 0.2) is 28.7 Å². The van der Waals surface area contributed by atoms with Crippen molar-refractivity contribution in [2.45, 2.75) is 102 Å². The number of ether oxygens (including phenoxy) is 1. The van der Waals surface area contributed by atoms with E-state index in [9.17, 15) is 29.1 Å². The van der Waals surface area contributed by atoms with E-state index in [0.717, 1.165) is 36.6 Å². The molecule has 4 amide bonds. The Kier molecular flexibility index (Phi) is 10.2. The number of carbonyl (C=O) groups excluding carboxylic acids is 4. The van der Waals surface area contributed by atoms with E-state index >= 15 is 0 Å². The predicted octanol–water partition coefficient (Wildman–Crippen LogP) is 2.76. The molecule has 11 nitrogen and oxygen atoms in total. The molecule has 1 aromatic rings. The highest BCUT2D eigenvalue weighted by Crippen LogP contribution is 2.37. The minimum atomic E-state index is -1.32. The van der Waals surface area contributed by atoms with E-state index in [1.54, 1.807) is 19.9 Å². The summed E-state index contributed by atoms with van der Waals surface area (Å²) in [6, 6.07) is 4.55. The minimum absolute atomic E-state index is 0.0243. The number of amides is 4. The molecular weight excluding hydrogens is 608 g/mol. The van der Waals surface area contributed by atoms with Crippen LogP contribution in [-0.4, -0.2) is 75.9 Å². The summed E-state index contributed by atoms with van der Waals surface area (Å²) >= 11 is 3.46. The summed E-state index contributed by atoms with van der Waals surface area (Å²) in [6.07, 6.45) is 4.92. The number of halogens is 1. The van der Waals surface area contributed by atoms with E-state index in [1.807, 2.05) is 18.2 Å². The predicted molar refractivity (Wildman–Crippen MR) is 157 cm³/mol. The first-order chi connectivity index (χ1) is 19.9. The van der Waals surface area contributed by atoms with E-state index < -0.39 is 53.5 Å². The second kappa shape index (κ2) is 13.4. The molecule has 1 aromatic carbocycles. The number of carboxylic acid groups (broad SMARTS) is 1. The first kappa shape index (κ1) is 31.8. The Morgan fingerprint density at radius 1 is 1.05 bits per heavy atom. The molecule has 2 saturated carbocycles. The standard InChI is InChI=1S/C30H41BrN4O7/c1-17(2)24(33-27(38)25(32-18(3)36)19-9-5-4-6-10-19)28(39)35-16-20(42-23-12-8-7-11-21(23)31)15-22(35)26(37)34-30(13-14-30)29(40)41/h7-8,11-12,17,19-20,22,24-25H,4-6,9-10,13-16H2,1-3H3,(H,32,36)(H,33,38)(H,34,37)(H,40,41)/t20-,22+,24+,25+/m1/s1. The summed E-state index contributed by atoms with van der Waals surface area (Å²) in [6.45, 7) is 5.06. The van der Waals surface area contributed by atoms with Crippen molar-refractivity contribution in [3.05, 3.63) is 28.7 Å². The molecule has 0 unspecified atom stereocenters. The van der Waals surface area contributed by atoms with Crippen molar-refractivity contribution in [1.82, 2.24) is 20.9 Å². The summed E-state index contributed by atoms with van der Waals surface area (Å²) in [5.74, 6) is -2.66. The van der Waals surface area contributed by atoms with Crippen LogP contribution < -0.4 is 20.7 Å². The average Bonchev–Trinajstić information content (AvgIpc) is 3.61. The zero-order valence-electron chi connectivity index (χ0n) is 24.4. The first-order valence-electron chi connectivity index (χ1n) is 14.8. The SMILES string of the molecule is CC(=O)N[C@H](C(=O)N[C@H](C(=O)N1C[C@H](Oc2ccccc2Br)C[C@H]1C(=O)NC1(C(=O)O)CC1)C(C)C)C1CCCCC1. The van der Waals surface area contributed by atoms with E-state index in [1.165, 1.54) is 11.8 Å². The Hall–Kier alpha value is -3.15. The average molecular weight is 650 g/mol. The molecule has 1 heterocycles. The summed E-state index contributed by atoms with van der Waals surface area (Å²) in [4.78, 5) is 66.3.